The Kier molecular flexibility index (Phi) is 4.06. The predicted octanol–water partition coefficient (Wildman–Crippen LogP) is 3.95. The van der Waals surface area contributed by atoms with Crippen molar-refractivity contribution >= 4 is 22.4 Å². The standard InChI is InChI=1S/C18H17N3O3S/c19-10-18(6-2-1-3-7-18)16(22)21-17-20-13(9-25-17)12-4-5-14-15(8-12)24-11-23-14/h4-5,8-9H,1-3,6-7,11H2,(H,20,21,22). The van der Waals surface area contributed by atoms with Gasteiger partial charge in [-0.3, -0.25) is 4.79 Å². The van der Waals surface area contributed by atoms with Crippen LogP contribution in [0.25, 0.3) is 11.3 Å². The van der Waals surface area contributed by atoms with Gasteiger partial charge in [-0.2, -0.15) is 5.26 Å². The average Bonchev–Trinajstić information content (AvgIpc) is 3.30. The van der Waals surface area contributed by atoms with E-state index in [9.17, 15) is 10.1 Å². The maximum absolute atomic E-state index is 12.6. The van der Waals surface area contributed by atoms with Gasteiger partial charge in [-0.15, -0.1) is 11.3 Å². The van der Waals surface area contributed by atoms with E-state index in [1.807, 2.05) is 23.6 Å². The lowest BCUT2D eigenvalue weighted by Crippen LogP contribution is -2.36. The van der Waals surface area contributed by atoms with Gasteiger partial charge < -0.3 is 14.8 Å². The van der Waals surface area contributed by atoms with E-state index in [4.69, 9.17) is 9.47 Å². The molecule has 1 fully saturated rings. The number of rotatable bonds is 3. The normalized spacial score (nSPS) is 17.7. The summed E-state index contributed by atoms with van der Waals surface area (Å²) in [6.07, 6.45) is 4.16. The molecule has 128 valence electrons. The molecule has 2 aliphatic rings. The second kappa shape index (κ2) is 6.37. The first-order chi connectivity index (χ1) is 12.2. The summed E-state index contributed by atoms with van der Waals surface area (Å²) in [4.78, 5) is 17.1. The Morgan fingerprint density at radius 2 is 2.04 bits per heavy atom. The van der Waals surface area contributed by atoms with Gasteiger partial charge in [0.2, 0.25) is 12.7 Å². The number of nitrogens with zero attached hydrogens (tertiary/aromatic N) is 2. The van der Waals surface area contributed by atoms with Crippen molar-refractivity contribution in [1.82, 2.24) is 4.98 Å². The number of aromatic nitrogens is 1. The highest BCUT2D eigenvalue weighted by atomic mass is 32.1. The highest BCUT2D eigenvalue weighted by Crippen LogP contribution is 2.38. The van der Waals surface area contributed by atoms with E-state index in [0.717, 1.165) is 36.3 Å². The van der Waals surface area contributed by atoms with Crippen molar-refractivity contribution in [3.05, 3.63) is 23.6 Å². The number of nitriles is 1. The molecule has 2 heterocycles. The van der Waals surface area contributed by atoms with Gasteiger partial charge in [0.15, 0.2) is 16.6 Å². The van der Waals surface area contributed by atoms with Crippen molar-refractivity contribution < 1.29 is 14.3 Å². The molecular weight excluding hydrogens is 338 g/mol. The third kappa shape index (κ3) is 2.94. The lowest BCUT2D eigenvalue weighted by molar-refractivity contribution is -0.124. The number of hydrogen-bond donors (Lipinski definition) is 1. The van der Waals surface area contributed by atoms with Gasteiger partial charge >= 0.3 is 0 Å². The van der Waals surface area contributed by atoms with Crippen LogP contribution in [0.15, 0.2) is 23.6 Å². The first-order valence-electron chi connectivity index (χ1n) is 8.28. The molecule has 0 radical (unpaired) electrons. The molecule has 1 aliphatic heterocycles. The third-order valence-electron chi connectivity index (χ3n) is 4.75. The molecule has 4 rings (SSSR count). The Morgan fingerprint density at radius 3 is 2.84 bits per heavy atom. The van der Waals surface area contributed by atoms with E-state index < -0.39 is 5.41 Å². The lowest BCUT2D eigenvalue weighted by Gasteiger charge is -2.28. The van der Waals surface area contributed by atoms with Gasteiger partial charge in [-0.1, -0.05) is 19.3 Å². The zero-order valence-electron chi connectivity index (χ0n) is 13.6. The summed E-state index contributed by atoms with van der Waals surface area (Å²) >= 11 is 1.35. The van der Waals surface area contributed by atoms with Crippen LogP contribution in [0.1, 0.15) is 32.1 Å². The van der Waals surface area contributed by atoms with E-state index in [1.165, 1.54) is 11.3 Å². The van der Waals surface area contributed by atoms with Crippen molar-refractivity contribution in [3.63, 3.8) is 0 Å². The molecule has 7 heteroatoms. The number of nitrogens with one attached hydrogen (secondary N) is 1. The highest BCUT2D eigenvalue weighted by Gasteiger charge is 2.40. The number of thiazole rings is 1. The van der Waals surface area contributed by atoms with Crippen LogP contribution in [-0.4, -0.2) is 17.7 Å². The summed E-state index contributed by atoms with van der Waals surface area (Å²) in [7, 11) is 0. The minimum Gasteiger partial charge on any atom is -0.454 e. The molecule has 6 nitrogen and oxygen atoms in total. The number of amides is 1. The summed E-state index contributed by atoms with van der Waals surface area (Å²) in [6.45, 7) is 0.230. The third-order valence-corrected chi connectivity index (χ3v) is 5.51. The van der Waals surface area contributed by atoms with E-state index in [1.54, 1.807) is 0 Å². The van der Waals surface area contributed by atoms with Gasteiger partial charge in [0.05, 0.1) is 11.8 Å². The highest BCUT2D eigenvalue weighted by molar-refractivity contribution is 7.14. The van der Waals surface area contributed by atoms with Crippen LogP contribution in [0.5, 0.6) is 11.5 Å². The fraction of sp³-hybridized carbons (Fsp3) is 0.389. The molecule has 1 amide bonds. The number of hydrogen-bond acceptors (Lipinski definition) is 6. The monoisotopic (exact) mass is 355 g/mol. The van der Waals surface area contributed by atoms with Crippen molar-refractivity contribution in [2.75, 3.05) is 12.1 Å². The van der Waals surface area contributed by atoms with E-state index >= 15 is 0 Å². The van der Waals surface area contributed by atoms with Gasteiger partial charge in [0.25, 0.3) is 0 Å². The molecule has 0 saturated heterocycles. The number of benzene rings is 1. The second-order valence-electron chi connectivity index (χ2n) is 6.31. The van der Waals surface area contributed by atoms with Crippen molar-refractivity contribution in [2.24, 2.45) is 5.41 Å². The van der Waals surface area contributed by atoms with E-state index in [-0.39, 0.29) is 12.7 Å². The molecule has 0 spiro atoms. The Labute approximate surface area is 149 Å². The van der Waals surface area contributed by atoms with E-state index in [2.05, 4.69) is 16.4 Å². The fourth-order valence-corrected chi connectivity index (χ4v) is 4.00. The Balaban J connectivity index is 1.52. The smallest absolute Gasteiger partial charge is 0.246 e. The molecule has 1 N–H and O–H groups in total. The zero-order chi connectivity index (χ0) is 17.3. The Morgan fingerprint density at radius 1 is 1.24 bits per heavy atom. The second-order valence-corrected chi connectivity index (χ2v) is 7.17. The van der Waals surface area contributed by atoms with Crippen LogP contribution >= 0.6 is 11.3 Å². The lowest BCUT2D eigenvalue weighted by atomic mass is 9.74. The summed E-state index contributed by atoms with van der Waals surface area (Å²) < 4.78 is 10.7. The first kappa shape index (κ1) is 15.9. The van der Waals surface area contributed by atoms with Gasteiger partial charge in [-0.05, 0) is 31.0 Å². The molecule has 1 aromatic carbocycles. The molecule has 0 bridgehead atoms. The maximum atomic E-state index is 12.6. The van der Waals surface area contributed by atoms with Gasteiger partial charge in [0, 0.05) is 10.9 Å². The van der Waals surface area contributed by atoms with Crippen molar-refractivity contribution in [1.29, 1.82) is 5.26 Å². The van der Waals surface area contributed by atoms with Gasteiger partial charge in [0.1, 0.15) is 5.41 Å². The van der Waals surface area contributed by atoms with Crippen LogP contribution in [-0.2, 0) is 4.79 Å². The SMILES string of the molecule is N#CC1(C(=O)Nc2nc(-c3ccc4c(c3)OCO4)cs2)CCCCC1. The average molecular weight is 355 g/mol. The molecular formula is C18H17N3O3S. The van der Waals surface area contributed by atoms with Crippen LogP contribution in [0.4, 0.5) is 5.13 Å². The van der Waals surface area contributed by atoms with Crippen molar-refractivity contribution in [2.45, 2.75) is 32.1 Å². The largest absolute Gasteiger partial charge is 0.454 e. The molecule has 25 heavy (non-hydrogen) atoms. The number of fused-ring (bicyclic) bond motifs is 1. The van der Waals surface area contributed by atoms with Crippen molar-refractivity contribution in [3.8, 4) is 28.8 Å². The Bertz CT molecular complexity index is 849. The van der Waals surface area contributed by atoms with Crippen LogP contribution < -0.4 is 14.8 Å². The summed E-state index contributed by atoms with van der Waals surface area (Å²) in [5.74, 6) is 1.18. The summed E-state index contributed by atoms with van der Waals surface area (Å²) in [6, 6.07) is 7.87. The minimum absolute atomic E-state index is 0.230. The molecule has 0 atom stereocenters. The minimum atomic E-state index is -0.914. The van der Waals surface area contributed by atoms with Crippen LogP contribution in [0, 0.1) is 16.7 Å². The quantitative estimate of drug-likeness (QED) is 0.901. The molecule has 2 aromatic rings. The van der Waals surface area contributed by atoms with Gasteiger partial charge in [-0.25, -0.2) is 4.98 Å². The molecule has 1 aliphatic carbocycles. The zero-order valence-corrected chi connectivity index (χ0v) is 14.4. The summed E-state index contributed by atoms with van der Waals surface area (Å²) in [5.41, 5.74) is 0.741. The molecule has 1 saturated carbocycles. The van der Waals surface area contributed by atoms with Crippen LogP contribution in [0.2, 0.25) is 0 Å². The van der Waals surface area contributed by atoms with Crippen LogP contribution in [0.3, 0.4) is 0 Å². The number of anilines is 1. The topological polar surface area (TPSA) is 84.2 Å². The molecule has 1 aromatic heterocycles. The number of ether oxygens (including phenoxy) is 2. The first-order valence-corrected chi connectivity index (χ1v) is 9.16. The Hall–Kier alpha value is -2.59. The number of carbonyl (C=O) groups is 1. The maximum Gasteiger partial charge on any atom is 0.246 e. The molecule has 0 unspecified atom stereocenters. The fourth-order valence-electron chi connectivity index (χ4n) is 3.28. The summed E-state index contributed by atoms with van der Waals surface area (Å²) in [5, 5.41) is 14.7. The van der Waals surface area contributed by atoms with E-state index in [0.29, 0.717) is 23.7 Å². The predicted molar refractivity (Wildman–Crippen MR) is 93.4 cm³/mol. The number of carbonyl (C=O) groups excluding carboxylic acids is 1.